The summed E-state index contributed by atoms with van der Waals surface area (Å²) in [6.07, 6.45) is 3.87. The van der Waals surface area contributed by atoms with E-state index in [0.717, 1.165) is 33.4 Å². The van der Waals surface area contributed by atoms with E-state index in [4.69, 9.17) is 4.74 Å². The van der Waals surface area contributed by atoms with Crippen LogP contribution in [-0.4, -0.2) is 53.5 Å². The summed E-state index contributed by atoms with van der Waals surface area (Å²) in [7, 11) is 2.67. The van der Waals surface area contributed by atoms with E-state index >= 15 is 0 Å². The van der Waals surface area contributed by atoms with Gasteiger partial charge in [-0.3, -0.25) is 9.11 Å². The third-order valence-corrected chi connectivity index (χ3v) is 7.00. The maximum atomic E-state index is 12.1. The molecule has 2 atom stereocenters. The van der Waals surface area contributed by atoms with Gasteiger partial charge >= 0.3 is 5.97 Å². The van der Waals surface area contributed by atoms with Crippen LogP contribution in [0.1, 0.15) is 5.56 Å². The van der Waals surface area contributed by atoms with E-state index in [9.17, 15) is 13.6 Å². The highest BCUT2D eigenvalue weighted by atomic mass is 33.1. The summed E-state index contributed by atoms with van der Waals surface area (Å²) >= 11 is 0. The molecular formula is C21H22N3O4S2-. The van der Waals surface area contributed by atoms with Crippen molar-refractivity contribution in [1.82, 2.24) is 0 Å². The number of carbonyl (C=O) groups is 1. The van der Waals surface area contributed by atoms with Crippen molar-refractivity contribution in [2.75, 3.05) is 47.6 Å². The Balaban J connectivity index is 1.51. The molecule has 4 rings (SSSR count). The van der Waals surface area contributed by atoms with Gasteiger partial charge < -0.3 is 19.1 Å². The molecule has 0 radical (unpaired) electrons. The Kier molecular flexibility index (Phi) is 5.77. The number of esters is 1. The van der Waals surface area contributed by atoms with Crippen molar-refractivity contribution in [2.45, 2.75) is 5.85 Å². The topological polar surface area (TPSA) is 76.2 Å². The molecular weight excluding hydrogens is 422 g/mol. The summed E-state index contributed by atoms with van der Waals surface area (Å²) in [5.74, 6) is -0.707. The van der Waals surface area contributed by atoms with Crippen molar-refractivity contribution in [3.8, 4) is 0 Å². The van der Waals surface area contributed by atoms with Gasteiger partial charge in [-0.1, -0.05) is 41.1 Å². The molecule has 9 heteroatoms. The van der Waals surface area contributed by atoms with Gasteiger partial charge in [0, 0.05) is 48.3 Å². The standard InChI is InChI=1S/C21H23N3O4S2/c1-22(13-14-29-30(26)27)17-9-7-16(8-10-17)11-12-21-23(2)18-5-3-4-6-19(18)24(21)15-20(25)28-21/h3-12H,13-15H2,1-2H3,(H,26,27)/p-1/b12-11+. The summed E-state index contributed by atoms with van der Waals surface area (Å²) in [5.41, 5.74) is 3.97. The molecule has 7 nitrogen and oxygen atoms in total. The van der Waals surface area contributed by atoms with E-state index in [1.165, 1.54) is 0 Å². The van der Waals surface area contributed by atoms with Gasteiger partial charge in [-0.05, 0) is 29.8 Å². The van der Waals surface area contributed by atoms with Gasteiger partial charge in [0.15, 0.2) is 0 Å². The van der Waals surface area contributed by atoms with Gasteiger partial charge in [0.1, 0.15) is 6.54 Å². The second-order valence-electron chi connectivity index (χ2n) is 7.14. The molecule has 0 N–H and O–H groups in total. The van der Waals surface area contributed by atoms with Crippen LogP contribution in [-0.2, 0) is 19.6 Å². The summed E-state index contributed by atoms with van der Waals surface area (Å²) in [6, 6.07) is 15.9. The van der Waals surface area contributed by atoms with Crippen LogP contribution in [0.15, 0.2) is 54.6 Å². The molecule has 2 aromatic rings. The second kappa shape index (κ2) is 8.33. The van der Waals surface area contributed by atoms with Gasteiger partial charge in [0.05, 0.1) is 11.4 Å². The van der Waals surface area contributed by atoms with Crippen LogP contribution in [0.2, 0.25) is 0 Å². The first-order valence-electron chi connectivity index (χ1n) is 9.46. The first-order valence-corrected chi connectivity index (χ1v) is 12.0. The van der Waals surface area contributed by atoms with Crippen molar-refractivity contribution in [3.05, 3.63) is 60.2 Å². The van der Waals surface area contributed by atoms with Crippen LogP contribution in [0.25, 0.3) is 6.08 Å². The highest BCUT2D eigenvalue weighted by Gasteiger charge is 2.54. The average Bonchev–Trinajstić information content (AvgIpc) is 3.18. The van der Waals surface area contributed by atoms with E-state index in [1.807, 2.05) is 89.5 Å². The molecule has 0 spiro atoms. The zero-order valence-electron chi connectivity index (χ0n) is 16.7. The monoisotopic (exact) mass is 444 g/mol. The van der Waals surface area contributed by atoms with E-state index in [-0.39, 0.29) is 12.5 Å². The Labute approximate surface area is 182 Å². The fourth-order valence-corrected chi connectivity index (χ4v) is 4.92. The summed E-state index contributed by atoms with van der Waals surface area (Å²) in [5, 5.41) is 0. The highest BCUT2D eigenvalue weighted by molar-refractivity contribution is 8.67. The smallest absolute Gasteiger partial charge is 0.329 e. The lowest BCUT2D eigenvalue weighted by molar-refractivity contribution is -0.144. The lowest BCUT2D eigenvalue weighted by Gasteiger charge is -2.33. The minimum Gasteiger partial charge on any atom is -0.764 e. The SMILES string of the molecule is CN(CCSS(=O)[O-])c1ccc(/C=C/C23OC(=O)CN2c2ccccc2N3C)cc1. The van der Waals surface area contributed by atoms with Crippen LogP contribution in [0, 0.1) is 0 Å². The molecule has 0 bridgehead atoms. The van der Waals surface area contributed by atoms with Crippen molar-refractivity contribution in [3.63, 3.8) is 0 Å². The molecule has 2 unspecified atom stereocenters. The Morgan fingerprint density at radius 2 is 1.93 bits per heavy atom. The van der Waals surface area contributed by atoms with Gasteiger partial charge in [-0.25, -0.2) is 4.79 Å². The number of nitrogens with zero attached hydrogens (tertiary/aromatic N) is 3. The largest absolute Gasteiger partial charge is 0.764 e. The van der Waals surface area contributed by atoms with E-state index < -0.39 is 16.0 Å². The number of hydrogen-bond donors (Lipinski definition) is 0. The molecule has 0 aromatic heterocycles. The zero-order chi connectivity index (χ0) is 21.3. The predicted molar refractivity (Wildman–Crippen MR) is 121 cm³/mol. The van der Waals surface area contributed by atoms with Gasteiger partial charge in [-0.15, -0.1) is 0 Å². The molecule has 2 aliphatic rings. The third kappa shape index (κ3) is 3.80. The molecule has 158 valence electrons. The number of rotatable bonds is 7. The lowest BCUT2D eigenvalue weighted by atomic mass is 10.1. The fourth-order valence-electron chi connectivity index (χ4n) is 3.81. The number of likely N-dealkylation sites (N-methyl/N-ethyl adjacent to an activating group) is 1. The zero-order valence-corrected chi connectivity index (χ0v) is 18.3. The number of hydrogen-bond acceptors (Lipinski definition) is 8. The summed E-state index contributed by atoms with van der Waals surface area (Å²) in [4.78, 5) is 18.1. The Morgan fingerprint density at radius 1 is 1.23 bits per heavy atom. The molecule has 2 aromatic carbocycles. The van der Waals surface area contributed by atoms with Crippen molar-refractivity contribution in [1.29, 1.82) is 0 Å². The maximum absolute atomic E-state index is 12.1. The normalized spacial score (nSPS) is 21.0. The molecule has 30 heavy (non-hydrogen) atoms. The first kappa shape index (κ1) is 20.8. The first-order chi connectivity index (χ1) is 14.4. The minimum atomic E-state index is -2.08. The van der Waals surface area contributed by atoms with E-state index in [0.29, 0.717) is 12.3 Å². The molecule has 1 fully saturated rings. The minimum absolute atomic E-state index is 0.210. The number of anilines is 3. The Bertz CT molecular complexity index is 998. The van der Waals surface area contributed by atoms with Crippen LogP contribution >= 0.6 is 10.8 Å². The van der Waals surface area contributed by atoms with E-state index in [2.05, 4.69) is 0 Å². The maximum Gasteiger partial charge on any atom is 0.329 e. The quantitative estimate of drug-likeness (QED) is 0.367. The van der Waals surface area contributed by atoms with Gasteiger partial charge in [0.25, 0.3) is 5.85 Å². The average molecular weight is 445 g/mol. The number of carbonyl (C=O) groups excluding carboxylic acids is 1. The van der Waals surface area contributed by atoms with Gasteiger partial charge in [0.2, 0.25) is 0 Å². The Morgan fingerprint density at radius 3 is 2.63 bits per heavy atom. The second-order valence-corrected chi connectivity index (χ2v) is 9.71. The third-order valence-electron chi connectivity index (χ3n) is 5.39. The molecule has 0 saturated carbocycles. The van der Waals surface area contributed by atoms with Crippen LogP contribution < -0.4 is 14.7 Å². The molecule has 0 amide bonds. The summed E-state index contributed by atoms with van der Waals surface area (Å²) < 4.78 is 27.1. The molecule has 1 saturated heterocycles. The highest BCUT2D eigenvalue weighted by Crippen LogP contribution is 2.48. The van der Waals surface area contributed by atoms with Crippen molar-refractivity contribution in [2.24, 2.45) is 0 Å². The number of benzene rings is 2. The predicted octanol–water partition coefficient (Wildman–Crippen LogP) is 2.83. The van der Waals surface area contributed by atoms with Crippen LogP contribution in [0.3, 0.4) is 0 Å². The summed E-state index contributed by atoms with van der Waals surface area (Å²) in [6.45, 7) is 0.840. The number of fused-ring (bicyclic) bond motifs is 3. The number of para-hydroxylation sites is 2. The fraction of sp³-hybridized carbons (Fsp3) is 0.286. The molecule has 2 aliphatic heterocycles. The number of ether oxygens (including phenoxy) is 1. The van der Waals surface area contributed by atoms with Crippen molar-refractivity contribution < 1.29 is 18.3 Å². The van der Waals surface area contributed by atoms with Crippen molar-refractivity contribution >= 4 is 50.0 Å². The lowest BCUT2D eigenvalue weighted by Crippen LogP contribution is -2.51. The van der Waals surface area contributed by atoms with Crippen LogP contribution in [0.4, 0.5) is 17.1 Å². The molecule has 2 heterocycles. The van der Waals surface area contributed by atoms with Gasteiger partial charge in [-0.2, -0.15) is 0 Å². The molecule has 0 aliphatic carbocycles. The van der Waals surface area contributed by atoms with Crippen LogP contribution in [0.5, 0.6) is 0 Å². The Hall–Kier alpha value is -2.49. The van der Waals surface area contributed by atoms with E-state index in [1.54, 1.807) is 0 Å².